The van der Waals surface area contributed by atoms with Gasteiger partial charge in [0.15, 0.2) is 0 Å². The van der Waals surface area contributed by atoms with Gasteiger partial charge in [-0.1, -0.05) is 40.2 Å². The smallest absolute Gasteiger partial charge is 0.255 e. The average Bonchev–Trinajstić information content (AvgIpc) is 2.68. The number of hydrogen-bond acceptors (Lipinski definition) is 4. The zero-order chi connectivity index (χ0) is 19.2. The number of carboxylic acids is 1. The highest BCUT2D eigenvalue weighted by Crippen LogP contribution is 2.24. The quantitative estimate of drug-likeness (QED) is 0.578. The Bertz CT molecular complexity index is 956. The first kappa shape index (κ1) is 19.2. The van der Waals surface area contributed by atoms with Gasteiger partial charge >= 0.3 is 0 Å². The summed E-state index contributed by atoms with van der Waals surface area (Å²) in [4.78, 5) is 24.4. The number of halogens is 1. The monoisotopic (exact) mass is 440 g/mol. The van der Waals surface area contributed by atoms with Crippen molar-refractivity contribution in [2.45, 2.75) is 10.6 Å². The van der Waals surface area contributed by atoms with Gasteiger partial charge in [-0.15, -0.1) is 11.8 Å². The zero-order valence-corrected chi connectivity index (χ0v) is 16.5. The van der Waals surface area contributed by atoms with Crippen molar-refractivity contribution in [3.8, 4) is 0 Å². The second kappa shape index (κ2) is 8.88. The van der Waals surface area contributed by atoms with Crippen molar-refractivity contribution in [2.75, 3.05) is 5.32 Å². The van der Waals surface area contributed by atoms with E-state index >= 15 is 0 Å². The molecule has 0 atom stereocenters. The van der Waals surface area contributed by atoms with Crippen LogP contribution in [0.3, 0.4) is 0 Å². The molecule has 3 rings (SSSR count). The van der Waals surface area contributed by atoms with Crippen LogP contribution in [0.4, 0.5) is 5.69 Å². The number of amides is 1. The predicted molar refractivity (Wildman–Crippen MR) is 109 cm³/mol. The molecule has 0 aromatic heterocycles. The molecule has 3 aromatic rings. The Balaban J connectivity index is 1.60. The minimum Gasteiger partial charge on any atom is -0.545 e. The molecular formula is C21H15BrNO3S-. The molecule has 27 heavy (non-hydrogen) atoms. The second-order valence-electron chi connectivity index (χ2n) is 5.76. The van der Waals surface area contributed by atoms with Crippen LogP contribution in [0.15, 0.2) is 82.2 Å². The largest absolute Gasteiger partial charge is 0.545 e. The van der Waals surface area contributed by atoms with E-state index in [-0.39, 0.29) is 11.5 Å². The normalized spacial score (nSPS) is 10.4. The van der Waals surface area contributed by atoms with Gasteiger partial charge in [-0.05, 0) is 59.7 Å². The van der Waals surface area contributed by atoms with E-state index in [1.807, 2.05) is 24.3 Å². The third kappa shape index (κ3) is 5.45. The Kier molecular flexibility index (Phi) is 6.32. The summed E-state index contributed by atoms with van der Waals surface area (Å²) in [5, 5.41) is 13.6. The van der Waals surface area contributed by atoms with Crippen molar-refractivity contribution >= 4 is 45.3 Å². The first-order valence-corrected chi connectivity index (χ1v) is 9.89. The molecule has 0 aliphatic carbocycles. The van der Waals surface area contributed by atoms with E-state index in [1.54, 1.807) is 36.0 Å². The molecule has 3 aromatic carbocycles. The van der Waals surface area contributed by atoms with Crippen molar-refractivity contribution in [2.24, 2.45) is 0 Å². The average molecular weight is 441 g/mol. The molecule has 0 saturated heterocycles. The number of aromatic carboxylic acids is 1. The molecule has 0 aliphatic heterocycles. The summed E-state index contributed by atoms with van der Waals surface area (Å²) in [6.07, 6.45) is 0. The Morgan fingerprint density at radius 3 is 2.30 bits per heavy atom. The Morgan fingerprint density at radius 2 is 1.63 bits per heavy atom. The first-order valence-electron chi connectivity index (χ1n) is 8.11. The number of carbonyl (C=O) groups excluding carboxylic acids is 2. The van der Waals surface area contributed by atoms with Crippen LogP contribution in [0, 0.1) is 0 Å². The Labute approximate surface area is 169 Å². The van der Waals surface area contributed by atoms with Crippen molar-refractivity contribution in [3.05, 3.63) is 94.0 Å². The number of anilines is 1. The highest BCUT2D eigenvalue weighted by atomic mass is 79.9. The molecule has 136 valence electrons. The van der Waals surface area contributed by atoms with Gasteiger partial charge in [-0.2, -0.15) is 0 Å². The number of hydrogen-bond donors (Lipinski definition) is 1. The maximum atomic E-state index is 12.3. The van der Waals surface area contributed by atoms with Crippen LogP contribution in [0.25, 0.3) is 0 Å². The lowest BCUT2D eigenvalue weighted by atomic mass is 10.1. The fourth-order valence-corrected chi connectivity index (χ4v) is 3.50. The molecule has 0 aliphatic rings. The summed E-state index contributed by atoms with van der Waals surface area (Å²) < 4.78 is 1.05. The van der Waals surface area contributed by atoms with Gasteiger partial charge in [0.25, 0.3) is 5.91 Å². The topological polar surface area (TPSA) is 69.2 Å². The summed E-state index contributed by atoms with van der Waals surface area (Å²) in [5.41, 5.74) is 2.05. The maximum absolute atomic E-state index is 12.3. The van der Waals surface area contributed by atoms with Crippen molar-refractivity contribution in [1.29, 1.82) is 0 Å². The van der Waals surface area contributed by atoms with E-state index in [0.29, 0.717) is 11.3 Å². The van der Waals surface area contributed by atoms with Crippen molar-refractivity contribution in [3.63, 3.8) is 0 Å². The van der Waals surface area contributed by atoms with E-state index in [9.17, 15) is 14.7 Å². The molecule has 1 amide bonds. The van der Waals surface area contributed by atoms with Gasteiger partial charge in [-0.25, -0.2) is 0 Å². The molecule has 0 spiro atoms. The molecule has 0 heterocycles. The van der Waals surface area contributed by atoms with Crippen LogP contribution < -0.4 is 10.4 Å². The van der Waals surface area contributed by atoms with E-state index in [4.69, 9.17) is 0 Å². The van der Waals surface area contributed by atoms with Gasteiger partial charge in [-0.3, -0.25) is 4.79 Å². The minimum atomic E-state index is -1.28. The molecule has 6 heteroatoms. The van der Waals surface area contributed by atoms with Gasteiger partial charge in [0.2, 0.25) is 0 Å². The van der Waals surface area contributed by atoms with E-state index < -0.39 is 5.97 Å². The molecule has 4 nitrogen and oxygen atoms in total. The summed E-state index contributed by atoms with van der Waals surface area (Å²) in [6.45, 7) is 0. The summed E-state index contributed by atoms with van der Waals surface area (Å²) in [6, 6.07) is 21.4. The van der Waals surface area contributed by atoms with Gasteiger partial charge < -0.3 is 15.2 Å². The lowest BCUT2D eigenvalue weighted by Gasteiger charge is -2.09. The molecule has 1 N–H and O–H groups in total. The highest BCUT2D eigenvalue weighted by molar-refractivity contribution is 9.10. The number of carbonyl (C=O) groups is 2. The number of carboxylic acid groups (broad SMARTS) is 1. The van der Waals surface area contributed by atoms with Crippen molar-refractivity contribution < 1.29 is 14.7 Å². The van der Waals surface area contributed by atoms with Crippen LogP contribution in [-0.2, 0) is 5.75 Å². The molecule has 0 unspecified atom stereocenters. The SMILES string of the molecule is O=C([O-])c1cccc(NC(=O)c2ccc(CSc3ccc(Br)cc3)cc2)c1. The van der Waals surface area contributed by atoms with E-state index in [1.165, 1.54) is 17.0 Å². The summed E-state index contributed by atoms with van der Waals surface area (Å²) in [5.74, 6) is -0.770. The second-order valence-corrected chi connectivity index (χ2v) is 7.73. The van der Waals surface area contributed by atoms with Gasteiger partial charge in [0, 0.05) is 26.4 Å². The van der Waals surface area contributed by atoms with Crippen LogP contribution in [-0.4, -0.2) is 11.9 Å². The van der Waals surface area contributed by atoms with E-state index in [2.05, 4.69) is 33.4 Å². The van der Waals surface area contributed by atoms with Crippen molar-refractivity contribution in [1.82, 2.24) is 0 Å². The summed E-state index contributed by atoms with van der Waals surface area (Å²) in [7, 11) is 0. The third-order valence-corrected chi connectivity index (χ3v) is 5.40. The number of thioether (sulfide) groups is 1. The van der Waals surface area contributed by atoms with Crippen LogP contribution in [0.1, 0.15) is 26.3 Å². The molecule has 0 bridgehead atoms. The Hall–Kier alpha value is -2.57. The molecule has 0 radical (unpaired) electrons. The third-order valence-electron chi connectivity index (χ3n) is 3.79. The fourth-order valence-electron chi connectivity index (χ4n) is 2.38. The molecule has 0 saturated carbocycles. The number of nitrogens with one attached hydrogen (secondary N) is 1. The summed E-state index contributed by atoms with van der Waals surface area (Å²) >= 11 is 5.14. The minimum absolute atomic E-state index is 0.0214. The molecule has 0 fully saturated rings. The van der Waals surface area contributed by atoms with E-state index in [0.717, 1.165) is 15.8 Å². The predicted octanol–water partition coefficient (Wildman–Crippen LogP) is 4.36. The van der Waals surface area contributed by atoms with Crippen LogP contribution in [0.2, 0.25) is 0 Å². The molecular weight excluding hydrogens is 426 g/mol. The standard InChI is InChI=1S/C21H16BrNO3S/c22-17-8-10-19(11-9-17)27-13-14-4-6-15(7-5-14)20(24)23-18-3-1-2-16(12-18)21(25)26/h1-12H,13H2,(H,23,24)(H,25,26)/p-1. The lowest BCUT2D eigenvalue weighted by Crippen LogP contribution is -2.22. The van der Waals surface area contributed by atoms with Gasteiger partial charge in [0.05, 0.1) is 5.97 Å². The number of benzene rings is 3. The lowest BCUT2D eigenvalue weighted by molar-refractivity contribution is -0.255. The van der Waals surface area contributed by atoms with Gasteiger partial charge in [0.1, 0.15) is 0 Å². The fraction of sp³-hybridized carbons (Fsp3) is 0.0476. The highest BCUT2D eigenvalue weighted by Gasteiger charge is 2.07. The zero-order valence-electron chi connectivity index (χ0n) is 14.1. The number of rotatable bonds is 6. The van der Waals surface area contributed by atoms with Crippen LogP contribution >= 0.6 is 27.7 Å². The Morgan fingerprint density at radius 1 is 0.926 bits per heavy atom. The maximum Gasteiger partial charge on any atom is 0.255 e. The van der Waals surface area contributed by atoms with Crippen LogP contribution in [0.5, 0.6) is 0 Å². The first-order chi connectivity index (χ1) is 13.0.